The summed E-state index contributed by atoms with van der Waals surface area (Å²) in [4.78, 5) is 13.3. The Balaban J connectivity index is 1.60. The lowest BCUT2D eigenvalue weighted by atomic mass is 10.0. The maximum absolute atomic E-state index is 10.9. The van der Waals surface area contributed by atoms with Gasteiger partial charge in [-0.3, -0.25) is 0 Å². The van der Waals surface area contributed by atoms with Gasteiger partial charge >= 0.3 is 5.97 Å². The summed E-state index contributed by atoms with van der Waals surface area (Å²) in [5.74, 6) is -0.333. The van der Waals surface area contributed by atoms with E-state index in [1.165, 1.54) is 11.3 Å². The van der Waals surface area contributed by atoms with Gasteiger partial charge in [-0.05, 0) is 42.7 Å². The number of carbonyl (C=O) groups is 1. The van der Waals surface area contributed by atoms with Crippen LogP contribution in [-0.2, 0) is 6.42 Å². The molecule has 0 bridgehead atoms. The van der Waals surface area contributed by atoms with E-state index in [1.807, 2.05) is 0 Å². The van der Waals surface area contributed by atoms with Gasteiger partial charge in [-0.25, -0.2) is 4.79 Å². The summed E-state index contributed by atoms with van der Waals surface area (Å²) in [6.07, 6.45) is 2.29. The number of ether oxygens (including phenoxy) is 1. The lowest BCUT2D eigenvalue weighted by Gasteiger charge is -2.31. The van der Waals surface area contributed by atoms with E-state index in [0.29, 0.717) is 12.4 Å². The lowest BCUT2D eigenvalue weighted by Crippen LogP contribution is -2.33. The van der Waals surface area contributed by atoms with Crippen LogP contribution in [0, 0.1) is 0 Å². The van der Waals surface area contributed by atoms with E-state index in [4.69, 9.17) is 9.84 Å². The SMILES string of the molecule is O=C(O)c1cccc(OCCN2CCCc3ccccc32)c1. The number of hydrogen-bond donors (Lipinski definition) is 1. The van der Waals surface area contributed by atoms with Crippen molar-refractivity contribution in [1.29, 1.82) is 0 Å². The highest BCUT2D eigenvalue weighted by atomic mass is 16.5. The lowest BCUT2D eigenvalue weighted by molar-refractivity contribution is 0.0696. The van der Waals surface area contributed by atoms with Crippen molar-refractivity contribution in [1.82, 2.24) is 0 Å². The van der Waals surface area contributed by atoms with E-state index >= 15 is 0 Å². The molecule has 1 heterocycles. The summed E-state index contributed by atoms with van der Waals surface area (Å²) < 4.78 is 5.71. The van der Waals surface area contributed by atoms with Crippen LogP contribution < -0.4 is 9.64 Å². The van der Waals surface area contributed by atoms with Crippen molar-refractivity contribution in [2.24, 2.45) is 0 Å². The minimum atomic E-state index is -0.935. The molecule has 1 N–H and O–H groups in total. The molecule has 3 rings (SSSR count). The number of fused-ring (bicyclic) bond motifs is 1. The van der Waals surface area contributed by atoms with Crippen molar-refractivity contribution in [3.8, 4) is 5.75 Å². The summed E-state index contributed by atoms with van der Waals surface area (Å²) >= 11 is 0. The van der Waals surface area contributed by atoms with Crippen LogP contribution in [0.15, 0.2) is 48.5 Å². The molecule has 0 aliphatic carbocycles. The second-order valence-corrected chi connectivity index (χ2v) is 5.40. The minimum Gasteiger partial charge on any atom is -0.492 e. The second kappa shape index (κ2) is 6.52. The van der Waals surface area contributed by atoms with Crippen molar-refractivity contribution < 1.29 is 14.6 Å². The number of anilines is 1. The van der Waals surface area contributed by atoms with Crippen LogP contribution in [0.2, 0.25) is 0 Å². The van der Waals surface area contributed by atoms with E-state index in [-0.39, 0.29) is 5.56 Å². The summed E-state index contributed by atoms with van der Waals surface area (Å²) in [6.45, 7) is 2.38. The van der Waals surface area contributed by atoms with Crippen LogP contribution in [0.25, 0.3) is 0 Å². The molecule has 0 spiro atoms. The number of carboxylic acid groups (broad SMARTS) is 1. The van der Waals surface area contributed by atoms with Crippen molar-refractivity contribution in [3.63, 3.8) is 0 Å². The Morgan fingerprint density at radius 3 is 2.91 bits per heavy atom. The Hall–Kier alpha value is -2.49. The minimum absolute atomic E-state index is 0.251. The highest BCUT2D eigenvalue weighted by molar-refractivity contribution is 5.88. The van der Waals surface area contributed by atoms with Crippen molar-refractivity contribution in [3.05, 3.63) is 59.7 Å². The molecule has 0 unspecified atom stereocenters. The van der Waals surface area contributed by atoms with E-state index in [2.05, 4.69) is 29.2 Å². The summed E-state index contributed by atoms with van der Waals surface area (Å²) in [6, 6.07) is 15.1. The zero-order valence-corrected chi connectivity index (χ0v) is 12.4. The van der Waals surface area contributed by atoms with Crippen molar-refractivity contribution >= 4 is 11.7 Å². The quantitative estimate of drug-likeness (QED) is 0.920. The van der Waals surface area contributed by atoms with Gasteiger partial charge in [-0.1, -0.05) is 24.3 Å². The first-order valence-electron chi connectivity index (χ1n) is 7.53. The number of benzene rings is 2. The first-order valence-corrected chi connectivity index (χ1v) is 7.53. The maximum Gasteiger partial charge on any atom is 0.335 e. The van der Waals surface area contributed by atoms with E-state index in [1.54, 1.807) is 24.3 Å². The van der Waals surface area contributed by atoms with Gasteiger partial charge in [0.1, 0.15) is 12.4 Å². The molecular weight excluding hydrogens is 278 g/mol. The highest BCUT2D eigenvalue weighted by Crippen LogP contribution is 2.26. The van der Waals surface area contributed by atoms with Crippen molar-refractivity contribution in [2.75, 3.05) is 24.6 Å². The molecule has 0 radical (unpaired) electrons. The van der Waals surface area contributed by atoms with Crippen LogP contribution in [0.1, 0.15) is 22.3 Å². The summed E-state index contributed by atoms with van der Waals surface area (Å²) in [5, 5.41) is 8.98. The maximum atomic E-state index is 10.9. The van der Waals surface area contributed by atoms with Gasteiger partial charge in [0.2, 0.25) is 0 Å². The van der Waals surface area contributed by atoms with Gasteiger partial charge in [0, 0.05) is 12.2 Å². The third-order valence-corrected chi connectivity index (χ3v) is 3.92. The molecule has 2 aromatic carbocycles. The monoisotopic (exact) mass is 297 g/mol. The van der Waals surface area contributed by atoms with Gasteiger partial charge in [0.25, 0.3) is 0 Å². The van der Waals surface area contributed by atoms with Crippen LogP contribution in [0.4, 0.5) is 5.69 Å². The fourth-order valence-electron chi connectivity index (χ4n) is 2.84. The zero-order valence-electron chi connectivity index (χ0n) is 12.4. The number of aromatic carboxylic acids is 1. The standard InChI is InChI=1S/C18H19NO3/c20-18(21)15-6-3-8-16(13-15)22-12-11-19-10-4-7-14-5-1-2-9-17(14)19/h1-3,5-6,8-9,13H,4,7,10-12H2,(H,20,21). The molecule has 22 heavy (non-hydrogen) atoms. The molecule has 1 aliphatic heterocycles. The number of para-hydroxylation sites is 1. The number of rotatable bonds is 5. The van der Waals surface area contributed by atoms with Gasteiger partial charge < -0.3 is 14.7 Å². The molecule has 0 amide bonds. The molecule has 4 heteroatoms. The number of aryl methyl sites for hydroxylation is 1. The number of hydrogen-bond acceptors (Lipinski definition) is 3. The first-order chi connectivity index (χ1) is 10.7. The molecule has 1 aliphatic rings. The van der Waals surface area contributed by atoms with E-state index < -0.39 is 5.97 Å². The third kappa shape index (κ3) is 3.22. The molecule has 0 saturated carbocycles. The zero-order chi connectivity index (χ0) is 15.4. The van der Waals surface area contributed by atoms with Crippen LogP contribution in [0.5, 0.6) is 5.75 Å². The molecule has 0 atom stereocenters. The predicted octanol–water partition coefficient (Wildman–Crippen LogP) is 3.22. The van der Waals surface area contributed by atoms with Crippen LogP contribution >= 0.6 is 0 Å². The largest absolute Gasteiger partial charge is 0.492 e. The van der Waals surface area contributed by atoms with Gasteiger partial charge in [0.15, 0.2) is 0 Å². The van der Waals surface area contributed by atoms with Gasteiger partial charge in [-0.15, -0.1) is 0 Å². The normalized spacial score (nSPS) is 13.5. The molecular formula is C18H19NO3. The predicted molar refractivity (Wildman–Crippen MR) is 85.9 cm³/mol. The van der Waals surface area contributed by atoms with Crippen LogP contribution in [0.3, 0.4) is 0 Å². The second-order valence-electron chi connectivity index (χ2n) is 5.40. The van der Waals surface area contributed by atoms with Gasteiger partial charge in [-0.2, -0.15) is 0 Å². The van der Waals surface area contributed by atoms with Crippen LogP contribution in [-0.4, -0.2) is 30.8 Å². The molecule has 114 valence electrons. The van der Waals surface area contributed by atoms with Crippen molar-refractivity contribution in [2.45, 2.75) is 12.8 Å². The Morgan fingerprint density at radius 2 is 2.05 bits per heavy atom. The summed E-state index contributed by atoms with van der Waals surface area (Å²) in [7, 11) is 0. The third-order valence-electron chi connectivity index (χ3n) is 3.92. The fraction of sp³-hybridized carbons (Fsp3) is 0.278. The average Bonchev–Trinajstić information content (AvgIpc) is 2.55. The summed E-state index contributed by atoms with van der Waals surface area (Å²) in [5.41, 5.74) is 2.93. The fourth-order valence-corrected chi connectivity index (χ4v) is 2.84. The Labute approximate surface area is 130 Å². The molecule has 0 fully saturated rings. The Bertz CT molecular complexity index is 669. The first kappa shape index (κ1) is 14.4. The average molecular weight is 297 g/mol. The number of carboxylic acids is 1. The molecule has 4 nitrogen and oxygen atoms in total. The highest BCUT2D eigenvalue weighted by Gasteiger charge is 2.15. The Morgan fingerprint density at radius 1 is 1.18 bits per heavy atom. The van der Waals surface area contributed by atoms with Gasteiger partial charge in [0.05, 0.1) is 12.1 Å². The Kier molecular flexibility index (Phi) is 4.28. The molecule has 2 aromatic rings. The number of nitrogens with zero attached hydrogens (tertiary/aromatic N) is 1. The van der Waals surface area contributed by atoms with E-state index in [0.717, 1.165) is 25.9 Å². The molecule has 0 aromatic heterocycles. The van der Waals surface area contributed by atoms with E-state index in [9.17, 15) is 4.79 Å². The smallest absolute Gasteiger partial charge is 0.335 e. The topological polar surface area (TPSA) is 49.8 Å². The molecule has 0 saturated heterocycles.